The summed E-state index contributed by atoms with van der Waals surface area (Å²) in [6, 6.07) is 0. The number of unbranched alkanes of at least 4 members (excludes halogenated alkanes) is 13. The third-order valence-corrected chi connectivity index (χ3v) is 3.96. The highest BCUT2D eigenvalue weighted by Crippen LogP contribution is 2.12. The minimum absolute atomic E-state index is 1.01. The molecule has 0 aromatic rings. The summed E-state index contributed by atoms with van der Waals surface area (Å²) in [6.07, 6.45) is 24.6. The SMILES string of the molecule is CCCCCCCCCCCCCCC/C=C\CNC. The molecule has 0 atom stereocenters. The first-order valence-electron chi connectivity index (χ1n) is 9.21. The van der Waals surface area contributed by atoms with Gasteiger partial charge in [-0.25, -0.2) is 0 Å². The van der Waals surface area contributed by atoms with Gasteiger partial charge in [0.15, 0.2) is 0 Å². The fourth-order valence-electron chi connectivity index (χ4n) is 2.60. The fraction of sp³-hybridized carbons (Fsp3) is 0.895. The number of allylic oxidation sites excluding steroid dienone is 1. The Balaban J connectivity index is 2.96. The van der Waals surface area contributed by atoms with Crippen LogP contribution in [0.4, 0.5) is 0 Å². The molecule has 0 bridgehead atoms. The van der Waals surface area contributed by atoms with Gasteiger partial charge in [-0.15, -0.1) is 0 Å². The minimum atomic E-state index is 1.01. The van der Waals surface area contributed by atoms with Crippen LogP contribution in [0.15, 0.2) is 12.2 Å². The largest absolute Gasteiger partial charge is 0.316 e. The molecule has 0 aliphatic carbocycles. The molecule has 0 fully saturated rings. The van der Waals surface area contributed by atoms with E-state index in [9.17, 15) is 0 Å². The lowest BCUT2D eigenvalue weighted by Crippen LogP contribution is -2.03. The predicted molar refractivity (Wildman–Crippen MR) is 93.4 cm³/mol. The van der Waals surface area contributed by atoms with Crippen LogP contribution in [0, 0.1) is 0 Å². The number of hydrogen-bond donors (Lipinski definition) is 1. The van der Waals surface area contributed by atoms with E-state index in [-0.39, 0.29) is 0 Å². The molecule has 0 saturated carbocycles. The monoisotopic (exact) mass is 281 g/mol. The molecule has 0 aromatic carbocycles. The van der Waals surface area contributed by atoms with Crippen LogP contribution >= 0.6 is 0 Å². The molecule has 0 rings (SSSR count). The first-order chi connectivity index (χ1) is 9.91. The van der Waals surface area contributed by atoms with E-state index in [2.05, 4.69) is 24.4 Å². The molecule has 1 heteroatoms. The zero-order valence-corrected chi connectivity index (χ0v) is 14.3. The summed E-state index contributed by atoms with van der Waals surface area (Å²) < 4.78 is 0. The Hall–Kier alpha value is -0.300. The van der Waals surface area contributed by atoms with Gasteiger partial charge in [0.2, 0.25) is 0 Å². The summed E-state index contributed by atoms with van der Waals surface area (Å²) in [5, 5.41) is 3.13. The van der Waals surface area contributed by atoms with E-state index in [4.69, 9.17) is 0 Å². The summed E-state index contributed by atoms with van der Waals surface area (Å²) in [6.45, 7) is 3.30. The van der Waals surface area contributed by atoms with E-state index in [1.807, 2.05) is 7.05 Å². The summed E-state index contributed by atoms with van der Waals surface area (Å²) in [4.78, 5) is 0. The van der Waals surface area contributed by atoms with Crippen molar-refractivity contribution < 1.29 is 0 Å². The van der Waals surface area contributed by atoms with Gasteiger partial charge < -0.3 is 5.32 Å². The summed E-state index contributed by atoms with van der Waals surface area (Å²) in [5.41, 5.74) is 0. The van der Waals surface area contributed by atoms with Crippen LogP contribution in [0.25, 0.3) is 0 Å². The van der Waals surface area contributed by atoms with Crippen molar-refractivity contribution in [1.29, 1.82) is 0 Å². The standard InChI is InChI=1S/C19H39N/c1-3-4-5-6-7-8-9-10-11-12-13-14-15-16-17-18-19-20-2/h17-18,20H,3-16,19H2,1-2H3/b18-17-. The highest BCUT2D eigenvalue weighted by Gasteiger charge is 1.93. The van der Waals surface area contributed by atoms with E-state index in [0.717, 1.165) is 6.54 Å². The van der Waals surface area contributed by atoms with E-state index >= 15 is 0 Å². The van der Waals surface area contributed by atoms with Crippen LogP contribution in [0.5, 0.6) is 0 Å². The maximum atomic E-state index is 3.13. The smallest absolute Gasteiger partial charge is 0.0131 e. The second-order valence-corrected chi connectivity index (χ2v) is 6.06. The van der Waals surface area contributed by atoms with Crippen molar-refractivity contribution in [1.82, 2.24) is 5.32 Å². The van der Waals surface area contributed by atoms with Gasteiger partial charge in [-0.3, -0.25) is 0 Å². The van der Waals surface area contributed by atoms with E-state index in [1.54, 1.807) is 0 Å². The Morgan fingerprint density at radius 2 is 1.05 bits per heavy atom. The maximum Gasteiger partial charge on any atom is 0.0131 e. The van der Waals surface area contributed by atoms with Crippen molar-refractivity contribution in [3.8, 4) is 0 Å². The van der Waals surface area contributed by atoms with Gasteiger partial charge in [-0.1, -0.05) is 96.1 Å². The first-order valence-corrected chi connectivity index (χ1v) is 9.21. The first kappa shape index (κ1) is 19.7. The summed E-state index contributed by atoms with van der Waals surface area (Å²) in [7, 11) is 2.00. The number of hydrogen-bond acceptors (Lipinski definition) is 1. The molecule has 120 valence electrons. The zero-order valence-electron chi connectivity index (χ0n) is 14.3. The molecule has 0 aromatic heterocycles. The topological polar surface area (TPSA) is 12.0 Å². The highest BCUT2D eigenvalue weighted by atomic mass is 14.8. The molecule has 0 aliphatic rings. The zero-order chi connectivity index (χ0) is 14.7. The van der Waals surface area contributed by atoms with Gasteiger partial charge >= 0.3 is 0 Å². The Kier molecular flexibility index (Phi) is 18.4. The van der Waals surface area contributed by atoms with E-state index in [1.165, 1.54) is 89.9 Å². The quantitative estimate of drug-likeness (QED) is 0.261. The average molecular weight is 282 g/mol. The van der Waals surface area contributed by atoms with Gasteiger partial charge in [0.05, 0.1) is 0 Å². The van der Waals surface area contributed by atoms with Crippen molar-refractivity contribution in [2.24, 2.45) is 0 Å². The summed E-state index contributed by atoms with van der Waals surface area (Å²) >= 11 is 0. The lowest BCUT2D eigenvalue weighted by Gasteiger charge is -2.02. The van der Waals surface area contributed by atoms with Crippen molar-refractivity contribution in [2.45, 2.75) is 96.8 Å². The van der Waals surface area contributed by atoms with Crippen LogP contribution in [0.1, 0.15) is 96.8 Å². The number of nitrogens with one attached hydrogen (secondary N) is 1. The fourth-order valence-corrected chi connectivity index (χ4v) is 2.60. The van der Waals surface area contributed by atoms with Gasteiger partial charge in [0.1, 0.15) is 0 Å². The summed E-state index contributed by atoms with van der Waals surface area (Å²) in [5.74, 6) is 0. The molecule has 0 spiro atoms. The highest BCUT2D eigenvalue weighted by molar-refractivity contribution is 4.82. The molecule has 0 unspecified atom stereocenters. The maximum absolute atomic E-state index is 3.13. The van der Waals surface area contributed by atoms with E-state index < -0.39 is 0 Å². The second kappa shape index (κ2) is 18.7. The Labute approximate surface area is 128 Å². The number of likely N-dealkylation sites (N-methyl/N-ethyl adjacent to an activating group) is 1. The second-order valence-electron chi connectivity index (χ2n) is 6.06. The van der Waals surface area contributed by atoms with Gasteiger partial charge in [-0.2, -0.15) is 0 Å². The molecule has 0 heterocycles. The Morgan fingerprint density at radius 1 is 0.600 bits per heavy atom. The molecule has 1 nitrogen and oxygen atoms in total. The van der Waals surface area contributed by atoms with Gasteiger partial charge in [0.25, 0.3) is 0 Å². The third kappa shape index (κ3) is 17.7. The van der Waals surface area contributed by atoms with Crippen LogP contribution < -0.4 is 5.32 Å². The van der Waals surface area contributed by atoms with Crippen molar-refractivity contribution >= 4 is 0 Å². The van der Waals surface area contributed by atoms with Crippen molar-refractivity contribution in [3.05, 3.63) is 12.2 Å². The van der Waals surface area contributed by atoms with Crippen LogP contribution in [0.2, 0.25) is 0 Å². The average Bonchev–Trinajstić information content (AvgIpc) is 2.47. The normalized spacial score (nSPS) is 11.5. The number of rotatable bonds is 16. The Bertz CT molecular complexity index is 186. The molecule has 0 radical (unpaired) electrons. The van der Waals surface area contributed by atoms with Gasteiger partial charge in [0, 0.05) is 6.54 Å². The van der Waals surface area contributed by atoms with Crippen molar-refractivity contribution in [3.63, 3.8) is 0 Å². The van der Waals surface area contributed by atoms with Crippen molar-refractivity contribution in [2.75, 3.05) is 13.6 Å². The lowest BCUT2D eigenvalue weighted by atomic mass is 10.0. The van der Waals surface area contributed by atoms with E-state index in [0.29, 0.717) is 0 Å². The molecular formula is C19H39N. The van der Waals surface area contributed by atoms with Crippen LogP contribution in [-0.4, -0.2) is 13.6 Å². The lowest BCUT2D eigenvalue weighted by molar-refractivity contribution is 0.540. The Morgan fingerprint density at radius 3 is 1.50 bits per heavy atom. The molecule has 0 aliphatic heterocycles. The molecule has 20 heavy (non-hydrogen) atoms. The third-order valence-electron chi connectivity index (χ3n) is 3.96. The predicted octanol–water partition coefficient (Wildman–Crippen LogP) is 6.24. The minimum Gasteiger partial charge on any atom is -0.316 e. The molecule has 0 amide bonds. The van der Waals surface area contributed by atoms with Gasteiger partial charge in [-0.05, 0) is 19.9 Å². The molecule has 0 saturated heterocycles. The molecule has 1 N–H and O–H groups in total. The van der Waals surface area contributed by atoms with Crippen LogP contribution in [-0.2, 0) is 0 Å². The molecular weight excluding hydrogens is 242 g/mol. The van der Waals surface area contributed by atoms with Crippen LogP contribution in [0.3, 0.4) is 0 Å².